The quantitative estimate of drug-likeness (QED) is 0.586. The third kappa shape index (κ3) is 2.24. The molecular formula is C12H8N4O3S. The second-order valence-electron chi connectivity index (χ2n) is 3.88. The molecule has 0 atom stereocenters. The number of nitrogen functional groups attached to an aromatic ring is 1. The van der Waals surface area contributed by atoms with Crippen molar-refractivity contribution in [2.24, 2.45) is 0 Å². The Hall–Kier alpha value is -2.74. The van der Waals surface area contributed by atoms with Crippen LogP contribution in [0.15, 0.2) is 35.7 Å². The van der Waals surface area contributed by atoms with Gasteiger partial charge in [0.15, 0.2) is 0 Å². The largest absolute Gasteiger partial charge is 0.438 e. The highest BCUT2D eigenvalue weighted by molar-refractivity contribution is 7.16. The maximum atomic E-state index is 10.6. The van der Waals surface area contributed by atoms with Crippen LogP contribution in [-0.2, 0) is 0 Å². The fourth-order valence-corrected chi connectivity index (χ4v) is 2.43. The predicted octanol–water partition coefficient (Wildman–Crippen LogP) is 2.97. The third-order valence-corrected chi connectivity index (χ3v) is 3.38. The molecule has 1 aromatic carbocycles. The van der Waals surface area contributed by atoms with E-state index < -0.39 is 4.92 Å². The highest BCUT2D eigenvalue weighted by Gasteiger charge is 2.11. The molecule has 0 amide bonds. The molecule has 0 saturated carbocycles. The summed E-state index contributed by atoms with van der Waals surface area (Å²) in [6.07, 6.45) is 0. The smallest absolute Gasteiger partial charge is 0.269 e. The third-order valence-electron chi connectivity index (χ3n) is 2.57. The number of anilines is 1. The second-order valence-corrected chi connectivity index (χ2v) is 4.77. The van der Waals surface area contributed by atoms with Gasteiger partial charge in [-0.2, -0.15) is 4.98 Å². The number of rotatable bonds is 3. The first-order valence-corrected chi connectivity index (χ1v) is 6.44. The van der Waals surface area contributed by atoms with Gasteiger partial charge in [-0.05, 0) is 23.6 Å². The number of hydrogen-bond acceptors (Lipinski definition) is 7. The summed E-state index contributed by atoms with van der Waals surface area (Å²) >= 11 is 1.43. The Balaban J connectivity index is 1.96. The molecule has 0 radical (unpaired) electrons. The van der Waals surface area contributed by atoms with Crippen LogP contribution in [0.4, 0.5) is 11.6 Å². The van der Waals surface area contributed by atoms with E-state index in [1.54, 1.807) is 0 Å². The summed E-state index contributed by atoms with van der Waals surface area (Å²) in [6.45, 7) is 0. The van der Waals surface area contributed by atoms with Crippen LogP contribution < -0.4 is 10.5 Å². The number of nitro groups is 1. The van der Waals surface area contributed by atoms with Gasteiger partial charge in [0.2, 0.25) is 11.8 Å². The fraction of sp³-hybridized carbons (Fsp3) is 0. The molecule has 2 heterocycles. The maximum absolute atomic E-state index is 10.6. The van der Waals surface area contributed by atoms with E-state index in [1.165, 1.54) is 35.6 Å². The van der Waals surface area contributed by atoms with Crippen LogP contribution in [-0.4, -0.2) is 14.9 Å². The Morgan fingerprint density at radius 1 is 1.20 bits per heavy atom. The molecule has 0 spiro atoms. The lowest BCUT2D eigenvalue weighted by atomic mass is 10.3. The van der Waals surface area contributed by atoms with Crippen LogP contribution in [0.2, 0.25) is 0 Å². The number of nitrogens with zero attached hydrogens (tertiary/aromatic N) is 3. The summed E-state index contributed by atoms with van der Waals surface area (Å²) in [6, 6.07) is 7.58. The Kier molecular flexibility index (Phi) is 2.92. The predicted molar refractivity (Wildman–Crippen MR) is 75.0 cm³/mol. The van der Waals surface area contributed by atoms with E-state index in [-0.39, 0.29) is 11.6 Å². The Labute approximate surface area is 116 Å². The molecule has 3 aromatic rings. The summed E-state index contributed by atoms with van der Waals surface area (Å²) in [5.41, 5.74) is 5.62. The highest BCUT2D eigenvalue weighted by atomic mass is 32.1. The average molecular weight is 288 g/mol. The summed E-state index contributed by atoms with van der Waals surface area (Å²) in [5.74, 6) is 0.903. The molecule has 0 bridgehead atoms. The van der Waals surface area contributed by atoms with Crippen LogP contribution in [0.5, 0.6) is 11.6 Å². The van der Waals surface area contributed by atoms with E-state index in [2.05, 4.69) is 9.97 Å². The van der Waals surface area contributed by atoms with Crippen LogP contribution in [0, 0.1) is 10.1 Å². The molecule has 0 fully saturated rings. The molecular weight excluding hydrogens is 280 g/mol. The van der Waals surface area contributed by atoms with E-state index in [1.807, 2.05) is 11.4 Å². The summed E-state index contributed by atoms with van der Waals surface area (Å²) < 4.78 is 5.62. The fourth-order valence-electron chi connectivity index (χ4n) is 1.67. The lowest BCUT2D eigenvalue weighted by Crippen LogP contribution is -1.97. The SMILES string of the molecule is Nc1nc(Oc2ccc([N+](=O)[O-])cc2)c2ccsc2n1. The van der Waals surface area contributed by atoms with Gasteiger partial charge in [-0.1, -0.05) is 0 Å². The molecule has 2 N–H and O–H groups in total. The van der Waals surface area contributed by atoms with Crippen molar-refractivity contribution in [2.45, 2.75) is 0 Å². The zero-order valence-electron chi connectivity index (χ0n) is 10.0. The second kappa shape index (κ2) is 4.74. The molecule has 0 aliphatic heterocycles. The lowest BCUT2D eigenvalue weighted by Gasteiger charge is -2.06. The van der Waals surface area contributed by atoms with Crippen molar-refractivity contribution in [3.63, 3.8) is 0 Å². The van der Waals surface area contributed by atoms with Crippen molar-refractivity contribution in [1.29, 1.82) is 0 Å². The molecule has 0 unspecified atom stereocenters. The number of ether oxygens (including phenoxy) is 1. The van der Waals surface area contributed by atoms with Gasteiger partial charge in [0.1, 0.15) is 10.6 Å². The van der Waals surface area contributed by atoms with Gasteiger partial charge in [0.05, 0.1) is 10.3 Å². The monoisotopic (exact) mass is 288 g/mol. The minimum atomic E-state index is -0.469. The van der Waals surface area contributed by atoms with E-state index >= 15 is 0 Å². The molecule has 7 nitrogen and oxygen atoms in total. The van der Waals surface area contributed by atoms with Crippen molar-refractivity contribution >= 4 is 33.2 Å². The molecule has 3 rings (SSSR count). The van der Waals surface area contributed by atoms with Gasteiger partial charge < -0.3 is 10.5 Å². The zero-order chi connectivity index (χ0) is 14.1. The van der Waals surface area contributed by atoms with E-state index in [0.29, 0.717) is 11.6 Å². The van der Waals surface area contributed by atoms with Crippen molar-refractivity contribution in [2.75, 3.05) is 5.73 Å². The zero-order valence-corrected chi connectivity index (χ0v) is 10.8. The summed E-state index contributed by atoms with van der Waals surface area (Å²) in [5, 5.41) is 13.2. The van der Waals surface area contributed by atoms with Gasteiger partial charge in [0.25, 0.3) is 5.69 Å². The molecule has 0 saturated heterocycles. The minimum absolute atomic E-state index is 0.000215. The van der Waals surface area contributed by atoms with Gasteiger partial charge >= 0.3 is 0 Å². The number of nitrogens with two attached hydrogens (primary N) is 1. The topological polar surface area (TPSA) is 104 Å². The van der Waals surface area contributed by atoms with Gasteiger partial charge in [-0.25, -0.2) is 4.98 Å². The number of benzene rings is 1. The first-order valence-electron chi connectivity index (χ1n) is 5.56. The van der Waals surface area contributed by atoms with Crippen molar-refractivity contribution in [3.8, 4) is 11.6 Å². The van der Waals surface area contributed by atoms with Crippen LogP contribution in [0.25, 0.3) is 10.2 Å². The normalized spacial score (nSPS) is 10.6. The molecule has 0 aliphatic carbocycles. The summed E-state index contributed by atoms with van der Waals surface area (Å²) in [7, 11) is 0. The number of thiophene rings is 1. The van der Waals surface area contributed by atoms with Gasteiger partial charge in [-0.3, -0.25) is 10.1 Å². The number of hydrogen-bond donors (Lipinski definition) is 1. The number of nitro benzene ring substituents is 1. The Bertz CT molecular complexity index is 785. The van der Waals surface area contributed by atoms with Crippen molar-refractivity contribution < 1.29 is 9.66 Å². The maximum Gasteiger partial charge on any atom is 0.269 e. The standard InChI is InChI=1S/C12H8N4O3S/c13-12-14-10(9-5-6-20-11(9)15-12)19-8-3-1-7(2-4-8)16(17)18/h1-6H,(H2,13,14,15). The van der Waals surface area contributed by atoms with Crippen LogP contribution in [0.1, 0.15) is 0 Å². The molecule has 8 heteroatoms. The number of aromatic nitrogens is 2. The lowest BCUT2D eigenvalue weighted by molar-refractivity contribution is -0.384. The van der Waals surface area contributed by atoms with Gasteiger partial charge in [0, 0.05) is 12.1 Å². The Morgan fingerprint density at radius 2 is 1.95 bits per heavy atom. The molecule has 20 heavy (non-hydrogen) atoms. The van der Waals surface area contributed by atoms with E-state index in [9.17, 15) is 10.1 Å². The highest BCUT2D eigenvalue weighted by Crippen LogP contribution is 2.31. The minimum Gasteiger partial charge on any atom is -0.438 e. The van der Waals surface area contributed by atoms with Gasteiger partial charge in [-0.15, -0.1) is 11.3 Å². The Morgan fingerprint density at radius 3 is 2.65 bits per heavy atom. The first-order chi connectivity index (χ1) is 9.63. The number of non-ortho nitro benzene ring substituents is 1. The molecule has 100 valence electrons. The molecule has 0 aliphatic rings. The van der Waals surface area contributed by atoms with Crippen molar-refractivity contribution in [3.05, 3.63) is 45.8 Å². The average Bonchev–Trinajstić information content (AvgIpc) is 2.87. The van der Waals surface area contributed by atoms with Crippen LogP contribution >= 0.6 is 11.3 Å². The van der Waals surface area contributed by atoms with Crippen LogP contribution in [0.3, 0.4) is 0 Å². The van der Waals surface area contributed by atoms with E-state index in [0.717, 1.165) is 10.2 Å². The van der Waals surface area contributed by atoms with E-state index in [4.69, 9.17) is 10.5 Å². The first kappa shape index (κ1) is 12.3. The summed E-state index contributed by atoms with van der Waals surface area (Å²) in [4.78, 5) is 19.0. The number of fused-ring (bicyclic) bond motifs is 1. The molecule has 2 aromatic heterocycles. The van der Waals surface area contributed by atoms with Crippen molar-refractivity contribution in [1.82, 2.24) is 9.97 Å².